The summed E-state index contributed by atoms with van der Waals surface area (Å²) in [6.45, 7) is 9.18. The Morgan fingerprint density at radius 3 is 2.40 bits per heavy atom. The molecule has 1 heteroatoms. The summed E-state index contributed by atoms with van der Waals surface area (Å²) in [4.78, 5) is 0. The summed E-state index contributed by atoms with van der Waals surface area (Å²) < 4.78 is 0. The van der Waals surface area contributed by atoms with Gasteiger partial charge in [-0.2, -0.15) is 0 Å². The van der Waals surface area contributed by atoms with Crippen LogP contribution in [0, 0.1) is 57.7 Å². The van der Waals surface area contributed by atoms with Gasteiger partial charge in [0.05, 0.1) is 0 Å². The second-order valence-corrected chi connectivity index (χ2v) is 10.2. The van der Waals surface area contributed by atoms with Crippen molar-refractivity contribution < 1.29 is 0 Å². The first-order valence-corrected chi connectivity index (χ1v) is 8.94. The average molecular weight is 267 g/mol. The molecule has 6 aliphatic carbocycles. The smallest absolute Gasteiger partial charge is 0.0325 e. The van der Waals surface area contributed by atoms with Crippen molar-refractivity contribution in [2.45, 2.75) is 39.2 Å². The molecule has 2 unspecified atom stereocenters. The number of fused-ring (bicyclic) bond motifs is 8. The second kappa shape index (κ2) is 2.28. The largest absolute Gasteiger partial charge is 0.309 e. The van der Waals surface area contributed by atoms with Crippen molar-refractivity contribution >= 4 is 0 Å². The maximum Gasteiger partial charge on any atom is 0.0325 e. The molecule has 0 radical (unpaired) electrons. The van der Waals surface area contributed by atoms with Crippen molar-refractivity contribution in [3.63, 3.8) is 0 Å². The molecule has 5 saturated carbocycles. The van der Waals surface area contributed by atoms with E-state index in [0.717, 1.165) is 52.3 Å². The monoisotopic (exact) mass is 267 g/mol. The van der Waals surface area contributed by atoms with E-state index in [0.29, 0.717) is 11.0 Å². The third-order valence-electron chi connectivity index (χ3n) is 10.5. The SMILES string of the molecule is CC1(C)[C@@H]2[C@H]([C@@H]3C=C[C@@H]31)[C@@H]1[C@H]2[C@H]2C3(C)CCC34CN[C@]124. The standard InChI is InChI=1S/C19H25N/c1-16(2)10-5-4-9(10)11-13(16)12-14(11)19-15(12)17(3)6-7-18(17,19)8-20-19/h4-5,9-15,20H,6-8H2,1-3H3/t9-,10+,11+,12+,13-,14-,15+,17?,18?,19-/m1/s1. The van der Waals surface area contributed by atoms with Crippen LogP contribution < -0.4 is 5.32 Å². The summed E-state index contributed by atoms with van der Waals surface area (Å²) in [6, 6.07) is 0. The van der Waals surface area contributed by atoms with E-state index in [-0.39, 0.29) is 0 Å². The lowest BCUT2D eigenvalue weighted by Crippen LogP contribution is -3.06. The predicted molar refractivity (Wildman–Crippen MR) is 77.9 cm³/mol. The Labute approximate surface area is 121 Å². The fourth-order valence-corrected chi connectivity index (χ4v) is 9.83. The molecule has 10 atom stereocenters. The molecule has 1 heterocycles. The number of hydrogen-bond acceptors (Lipinski definition) is 1. The Morgan fingerprint density at radius 2 is 1.85 bits per heavy atom. The van der Waals surface area contributed by atoms with E-state index in [4.69, 9.17) is 0 Å². The second-order valence-electron chi connectivity index (χ2n) is 10.2. The Balaban J connectivity index is 1.39. The number of nitrogens with one attached hydrogen (secondary N) is 1. The molecule has 7 aliphatic rings. The van der Waals surface area contributed by atoms with Crippen LogP contribution in [0.4, 0.5) is 0 Å². The third-order valence-corrected chi connectivity index (χ3v) is 10.5. The van der Waals surface area contributed by atoms with Crippen LogP contribution in [-0.4, -0.2) is 12.1 Å². The first-order chi connectivity index (χ1) is 9.51. The van der Waals surface area contributed by atoms with Gasteiger partial charge in [0.15, 0.2) is 0 Å². The highest BCUT2D eigenvalue weighted by molar-refractivity contribution is 5.51. The predicted octanol–water partition coefficient (Wildman–Crippen LogP) is 3.08. The first-order valence-electron chi connectivity index (χ1n) is 8.94. The fraction of sp³-hybridized carbons (Fsp3) is 0.895. The Bertz CT molecular complexity index is 613. The number of piperidine rings is 1. The van der Waals surface area contributed by atoms with Crippen LogP contribution in [0.1, 0.15) is 33.6 Å². The zero-order valence-electron chi connectivity index (χ0n) is 12.8. The van der Waals surface area contributed by atoms with Gasteiger partial charge in [0, 0.05) is 17.5 Å². The number of hydrogen-bond donors (Lipinski definition) is 1. The Hall–Kier alpha value is -0.300. The van der Waals surface area contributed by atoms with Crippen LogP contribution >= 0.6 is 0 Å². The lowest BCUT2D eigenvalue weighted by molar-refractivity contribution is -0.486. The molecule has 0 bridgehead atoms. The number of rotatable bonds is 0. The fourth-order valence-electron chi connectivity index (χ4n) is 9.83. The maximum atomic E-state index is 4.01. The highest BCUT2D eigenvalue weighted by atomic mass is 15.3. The zero-order valence-corrected chi connectivity index (χ0v) is 12.8. The summed E-state index contributed by atoms with van der Waals surface area (Å²) >= 11 is 0. The van der Waals surface area contributed by atoms with Gasteiger partial charge in [0.1, 0.15) is 0 Å². The zero-order chi connectivity index (χ0) is 13.3. The molecule has 6 fully saturated rings. The molecule has 2 spiro atoms. The van der Waals surface area contributed by atoms with Gasteiger partial charge in [0.2, 0.25) is 0 Å². The molecular formula is C19H25N. The summed E-state index contributed by atoms with van der Waals surface area (Å²) in [5.41, 5.74) is 2.76. The first kappa shape index (κ1) is 10.4. The van der Waals surface area contributed by atoms with Gasteiger partial charge in [-0.25, -0.2) is 0 Å². The van der Waals surface area contributed by atoms with Crippen LogP contribution in [-0.2, 0) is 0 Å². The molecule has 0 aromatic rings. The van der Waals surface area contributed by atoms with Crippen molar-refractivity contribution in [3.05, 3.63) is 12.2 Å². The molecular weight excluding hydrogens is 242 g/mol. The van der Waals surface area contributed by atoms with Gasteiger partial charge >= 0.3 is 0 Å². The van der Waals surface area contributed by atoms with E-state index in [9.17, 15) is 0 Å². The maximum absolute atomic E-state index is 4.01. The van der Waals surface area contributed by atoms with E-state index < -0.39 is 0 Å². The summed E-state index contributed by atoms with van der Waals surface area (Å²) in [5.74, 6) is 7.19. The summed E-state index contributed by atoms with van der Waals surface area (Å²) in [6.07, 6.45) is 8.19. The van der Waals surface area contributed by atoms with Gasteiger partial charge in [-0.1, -0.05) is 32.9 Å². The summed E-state index contributed by atoms with van der Waals surface area (Å²) in [7, 11) is 0. The van der Waals surface area contributed by atoms with E-state index >= 15 is 0 Å². The molecule has 20 heavy (non-hydrogen) atoms. The van der Waals surface area contributed by atoms with Crippen LogP contribution in [0.2, 0.25) is 0 Å². The minimum atomic E-state index is 0.592. The van der Waals surface area contributed by atoms with Gasteiger partial charge in [0.25, 0.3) is 0 Å². The highest BCUT2D eigenvalue weighted by Crippen LogP contribution is 2.96. The third kappa shape index (κ3) is 0.550. The summed E-state index contributed by atoms with van der Waals surface area (Å²) in [5, 5.41) is 4.01. The van der Waals surface area contributed by atoms with Crippen LogP contribution in [0.5, 0.6) is 0 Å². The van der Waals surface area contributed by atoms with Crippen molar-refractivity contribution in [1.29, 1.82) is 0 Å². The van der Waals surface area contributed by atoms with Gasteiger partial charge in [-0.15, -0.1) is 0 Å². The Morgan fingerprint density at radius 1 is 1.00 bits per heavy atom. The molecule has 0 aromatic heterocycles. The lowest BCUT2D eigenvalue weighted by atomic mass is 9.09. The minimum absolute atomic E-state index is 0.592. The topological polar surface area (TPSA) is 12.0 Å². The van der Waals surface area contributed by atoms with E-state index in [1.165, 1.54) is 13.0 Å². The molecule has 1 nitrogen and oxygen atoms in total. The number of allylic oxidation sites excluding steroid dienone is 2. The van der Waals surface area contributed by atoms with Crippen molar-refractivity contribution in [3.8, 4) is 0 Å². The van der Waals surface area contributed by atoms with Crippen LogP contribution in [0.15, 0.2) is 12.2 Å². The van der Waals surface area contributed by atoms with Crippen LogP contribution in [0.3, 0.4) is 0 Å². The minimum Gasteiger partial charge on any atom is -0.309 e. The molecule has 1 aliphatic heterocycles. The van der Waals surface area contributed by atoms with E-state index in [2.05, 4.69) is 38.2 Å². The van der Waals surface area contributed by atoms with Crippen LogP contribution in [0.25, 0.3) is 0 Å². The van der Waals surface area contributed by atoms with Crippen molar-refractivity contribution in [1.82, 2.24) is 5.32 Å². The van der Waals surface area contributed by atoms with Gasteiger partial charge < -0.3 is 5.32 Å². The molecule has 0 amide bonds. The van der Waals surface area contributed by atoms with Crippen molar-refractivity contribution in [2.24, 2.45) is 57.7 Å². The normalized spacial score (nSPS) is 78.2. The highest BCUT2D eigenvalue weighted by Gasteiger charge is 2.98. The quantitative estimate of drug-likeness (QED) is 0.665. The van der Waals surface area contributed by atoms with E-state index in [1.54, 1.807) is 6.42 Å². The van der Waals surface area contributed by atoms with E-state index in [1.807, 2.05) is 0 Å². The molecule has 1 N–H and O–H groups in total. The lowest BCUT2D eigenvalue weighted by Gasteiger charge is -3.00. The van der Waals surface area contributed by atoms with Gasteiger partial charge in [-0.3, -0.25) is 0 Å². The van der Waals surface area contributed by atoms with Crippen molar-refractivity contribution in [2.75, 3.05) is 6.54 Å². The molecule has 0 aromatic carbocycles. The molecule has 1 saturated heterocycles. The Kier molecular flexibility index (Phi) is 1.19. The van der Waals surface area contributed by atoms with Gasteiger partial charge in [-0.05, 0) is 65.1 Å². The molecule has 106 valence electrons. The average Bonchev–Trinajstić information content (AvgIpc) is 2.37. The molecule has 7 rings (SSSR count).